The van der Waals surface area contributed by atoms with Gasteiger partial charge in [0.1, 0.15) is 6.54 Å². The zero-order valence-corrected chi connectivity index (χ0v) is 14.7. The van der Waals surface area contributed by atoms with E-state index in [1.54, 1.807) is 18.3 Å². The fourth-order valence-corrected chi connectivity index (χ4v) is 5.10. The lowest BCUT2D eigenvalue weighted by molar-refractivity contribution is -0.178. The van der Waals surface area contributed by atoms with Gasteiger partial charge >= 0.3 is 6.18 Å². The number of halogens is 4. The SMILES string of the molecule is O=C1C2CNNC2C2CCC(c3ncccc3Cl)CC2N1CC(F)(F)F. The van der Waals surface area contributed by atoms with E-state index in [-0.39, 0.29) is 17.9 Å². The summed E-state index contributed by atoms with van der Waals surface area (Å²) in [5.41, 5.74) is 6.78. The van der Waals surface area contributed by atoms with E-state index < -0.39 is 30.6 Å². The van der Waals surface area contributed by atoms with Crippen LogP contribution in [0.15, 0.2) is 18.3 Å². The Kier molecular flexibility index (Phi) is 4.61. The quantitative estimate of drug-likeness (QED) is 0.817. The minimum Gasteiger partial charge on any atom is -0.330 e. The van der Waals surface area contributed by atoms with Crippen LogP contribution in [0, 0.1) is 11.8 Å². The first-order chi connectivity index (χ1) is 12.3. The number of hydrogen-bond acceptors (Lipinski definition) is 4. The third-order valence-corrected chi connectivity index (χ3v) is 6.20. The number of piperidine rings is 1. The third kappa shape index (κ3) is 3.18. The molecule has 2 N–H and O–H groups in total. The molecular weight excluding hydrogens is 369 g/mol. The largest absolute Gasteiger partial charge is 0.406 e. The molecule has 0 aromatic carbocycles. The Morgan fingerprint density at radius 3 is 2.88 bits per heavy atom. The summed E-state index contributed by atoms with van der Waals surface area (Å²) < 4.78 is 39.4. The normalized spacial score (nSPS) is 34.5. The highest BCUT2D eigenvalue weighted by Gasteiger charge is 2.54. The molecule has 9 heteroatoms. The van der Waals surface area contributed by atoms with E-state index in [2.05, 4.69) is 15.8 Å². The number of fused-ring (bicyclic) bond motifs is 3. The summed E-state index contributed by atoms with van der Waals surface area (Å²) >= 11 is 6.25. The van der Waals surface area contributed by atoms with Crippen molar-refractivity contribution in [3.63, 3.8) is 0 Å². The predicted molar refractivity (Wildman–Crippen MR) is 89.3 cm³/mol. The van der Waals surface area contributed by atoms with Crippen LogP contribution in [-0.2, 0) is 4.79 Å². The van der Waals surface area contributed by atoms with E-state index in [1.165, 1.54) is 0 Å². The van der Waals surface area contributed by atoms with E-state index in [1.807, 2.05) is 0 Å². The number of carbonyl (C=O) groups excluding carboxylic acids is 1. The van der Waals surface area contributed by atoms with E-state index in [9.17, 15) is 18.0 Å². The van der Waals surface area contributed by atoms with Gasteiger partial charge in [0.2, 0.25) is 5.91 Å². The number of pyridine rings is 1. The molecule has 5 unspecified atom stereocenters. The zero-order valence-electron chi connectivity index (χ0n) is 14.0. The van der Waals surface area contributed by atoms with Crippen LogP contribution in [0.3, 0.4) is 0 Å². The van der Waals surface area contributed by atoms with E-state index in [0.29, 0.717) is 23.7 Å². The van der Waals surface area contributed by atoms with Crippen molar-refractivity contribution in [3.8, 4) is 0 Å². The van der Waals surface area contributed by atoms with E-state index in [4.69, 9.17) is 11.6 Å². The van der Waals surface area contributed by atoms with Gasteiger partial charge in [-0.1, -0.05) is 11.6 Å². The van der Waals surface area contributed by atoms with Crippen molar-refractivity contribution in [2.75, 3.05) is 13.1 Å². The minimum atomic E-state index is -4.41. The summed E-state index contributed by atoms with van der Waals surface area (Å²) in [7, 11) is 0. The molecule has 2 aliphatic heterocycles. The van der Waals surface area contributed by atoms with Gasteiger partial charge in [0.05, 0.1) is 16.6 Å². The summed E-state index contributed by atoms with van der Waals surface area (Å²) in [6.45, 7) is -0.824. The maximum atomic E-state index is 13.1. The second kappa shape index (κ2) is 6.65. The lowest BCUT2D eigenvalue weighted by Gasteiger charge is -2.50. The molecule has 3 aliphatic rings. The molecule has 3 fully saturated rings. The van der Waals surface area contributed by atoms with Gasteiger partial charge in [-0.3, -0.25) is 20.6 Å². The average Bonchev–Trinajstić information content (AvgIpc) is 3.08. The maximum Gasteiger partial charge on any atom is 0.406 e. The van der Waals surface area contributed by atoms with Crippen LogP contribution in [0.1, 0.15) is 30.9 Å². The Labute approximate surface area is 154 Å². The first-order valence-electron chi connectivity index (χ1n) is 8.81. The highest BCUT2D eigenvalue weighted by Crippen LogP contribution is 2.45. The summed E-state index contributed by atoms with van der Waals surface area (Å²) in [5, 5.41) is 0.527. The number of likely N-dealkylation sites (tertiary alicyclic amines) is 1. The molecule has 0 bridgehead atoms. The fraction of sp³-hybridized carbons (Fsp3) is 0.647. The van der Waals surface area contributed by atoms with Crippen molar-refractivity contribution in [2.24, 2.45) is 11.8 Å². The standard InChI is InChI=1S/C17H20ClF3N4O/c18-12-2-1-5-22-14(12)9-3-4-10-13(6-9)25(8-17(19,20)21)16(26)11-7-23-24-15(10)11/h1-2,5,9-11,13,15,23-24H,3-4,6-8H2. The Hall–Kier alpha value is -1.38. The lowest BCUT2D eigenvalue weighted by atomic mass is 9.68. The van der Waals surface area contributed by atoms with Gasteiger partial charge in [0.15, 0.2) is 0 Å². The number of amides is 1. The van der Waals surface area contributed by atoms with Crippen LogP contribution in [0.25, 0.3) is 0 Å². The topological polar surface area (TPSA) is 57.3 Å². The summed E-state index contributed by atoms with van der Waals surface area (Å²) in [4.78, 5) is 18.2. The van der Waals surface area contributed by atoms with Crippen molar-refractivity contribution in [1.29, 1.82) is 0 Å². The zero-order chi connectivity index (χ0) is 18.5. The molecule has 4 rings (SSSR count). The molecule has 5 atom stereocenters. The number of nitrogens with zero attached hydrogens (tertiary/aromatic N) is 2. The molecule has 1 aromatic heterocycles. The molecular formula is C17H20ClF3N4O. The Morgan fingerprint density at radius 2 is 2.15 bits per heavy atom. The van der Waals surface area contributed by atoms with Gasteiger partial charge in [0, 0.05) is 30.7 Å². The van der Waals surface area contributed by atoms with Gasteiger partial charge < -0.3 is 4.90 Å². The Morgan fingerprint density at radius 1 is 1.35 bits per heavy atom. The molecule has 1 saturated carbocycles. The minimum absolute atomic E-state index is 0.00575. The third-order valence-electron chi connectivity index (χ3n) is 5.88. The lowest BCUT2D eigenvalue weighted by Crippen LogP contribution is -2.63. The van der Waals surface area contributed by atoms with Crippen LogP contribution in [-0.4, -0.2) is 47.1 Å². The number of nitrogens with one attached hydrogen (secondary N) is 2. The van der Waals surface area contributed by atoms with Gasteiger partial charge in [-0.15, -0.1) is 0 Å². The van der Waals surface area contributed by atoms with Crippen molar-refractivity contribution >= 4 is 17.5 Å². The molecule has 2 saturated heterocycles. The number of alkyl halides is 3. The summed E-state index contributed by atoms with van der Waals surface area (Å²) in [5.74, 6) is -0.902. The van der Waals surface area contributed by atoms with Crippen molar-refractivity contribution in [2.45, 2.75) is 43.4 Å². The molecule has 142 valence electrons. The molecule has 26 heavy (non-hydrogen) atoms. The highest BCUT2D eigenvalue weighted by molar-refractivity contribution is 6.31. The second-order valence-corrected chi connectivity index (χ2v) is 7.76. The fourth-order valence-electron chi connectivity index (χ4n) is 4.82. The highest BCUT2D eigenvalue weighted by atomic mass is 35.5. The first kappa shape index (κ1) is 18.0. The van der Waals surface area contributed by atoms with Gasteiger partial charge in [-0.2, -0.15) is 13.2 Å². The van der Waals surface area contributed by atoms with Crippen molar-refractivity contribution in [1.82, 2.24) is 20.7 Å². The monoisotopic (exact) mass is 388 g/mol. The first-order valence-corrected chi connectivity index (χ1v) is 9.19. The van der Waals surface area contributed by atoms with Gasteiger partial charge in [0.25, 0.3) is 0 Å². The summed E-state index contributed by atoms with van der Waals surface area (Å²) in [6.07, 6.45) is -0.780. The predicted octanol–water partition coefficient (Wildman–Crippen LogP) is 2.48. The van der Waals surface area contributed by atoms with Crippen LogP contribution < -0.4 is 10.9 Å². The number of aromatic nitrogens is 1. The van der Waals surface area contributed by atoms with E-state index in [0.717, 1.165) is 17.7 Å². The van der Waals surface area contributed by atoms with Crippen molar-refractivity contribution < 1.29 is 18.0 Å². The van der Waals surface area contributed by atoms with Crippen molar-refractivity contribution in [3.05, 3.63) is 29.0 Å². The molecule has 1 amide bonds. The summed E-state index contributed by atoms with van der Waals surface area (Å²) in [6, 6.07) is 2.90. The number of carbonyl (C=O) groups is 1. The Bertz CT molecular complexity index is 701. The smallest absolute Gasteiger partial charge is 0.330 e. The molecule has 1 aromatic rings. The molecule has 0 radical (unpaired) electrons. The second-order valence-electron chi connectivity index (χ2n) is 7.35. The van der Waals surface area contributed by atoms with Crippen LogP contribution in [0.2, 0.25) is 5.02 Å². The molecule has 3 heterocycles. The number of rotatable bonds is 2. The molecule has 1 aliphatic carbocycles. The average molecular weight is 389 g/mol. The number of hydrazine groups is 1. The molecule has 0 spiro atoms. The van der Waals surface area contributed by atoms with Gasteiger partial charge in [-0.05, 0) is 37.3 Å². The van der Waals surface area contributed by atoms with Gasteiger partial charge in [-0.25, -0.2) is 0 Å². The van der Waals surface area contributed by atoms with E-state index >= 15 is 0 Å². The van der Waals surface area contributed by atoms with Crippen LogP contribution >= 0.6 is 11.6 Å². The molecule has 5 nitrogen and oxygen atoms in total. The van der Waals surface area contributed by atoms with Crippen LogP contribution in [0.5, 0.6) is 0 Å². The maximum absolute atomic E-state index is 13.1. The number of hydrogen-bond donors (Lipinski definition) is 2. The van der Waals surface area contributed by atoms with Crippen LogP contribution in [0.4, 0.5) is 13.2 Å². The Balaban J connectivity index is 1.64.